The largest absolute Gasteiger partial charge is 0.341 e. The molecule has 0 saturated carbocycles. The third-order valence-corrected chi connectivity index (χ3v) is 3.00. The van der Waals surface area contributed by atoms with Crippen LogP contribution in [0, 0.1) is 10.9 Å². The van der Waals surface area contributed by atoms with Gasteiger partial charge in [-0.15, -0.1) is 0 Å². The molecule has 1 heterocycles. The van der Waals surface area contributed by atoms with Gasteiger partial charge in [-0.2, -0.15) is 12.8 Å². The number of rotatable bonds is 1. The van der Waals surface area contributed by atoms with Gasteiger partial charge in [0.25, 0.3) is 0 Å². The number of hydrogen-bond donors (Lipinski definition) is 0. The summed E-state index contributed by atoms with van der Waals surface area (Å²) in [6.07, 6.45) is 0. The summed E-state index contributed by atoms with van der Waals surface area (Å²) in [7, 11) is -4.97. The second-order valence-corrected chi connectivity index (χ2v) is 4.20. The van der Waals surface area contributed by atoms with E-state index in [4.69, 9.17) is 0 Å². The maximum Gasteiger partial charge on any atom is 0.341 e. The van der Waals surface area contributed by atoms with Gasteiger partial charge < -0.3 is 0 Å². The lowest BCUT2D eigenvalue weighted by molar-refractivity contribution is 0.529. The average Bonchev–Trinajstić information content (AvgIpc) is 2.11. The Labute approximate surface area is 64.5 Å². The van der Waals surface area contributed by atoms with Crippen molar-refractivity contribution in [1.82, 2.24) is 0 Å². The van der Waals surface area contributed by atoms with Gasteiger partial charge in [-0.1, -0.05) is 15.2 Å². The van der Waals surface area contributed by atoms with Gasteiger partial charge in [0.05, 0.1) is 0 Å². The van der Waals surface area contributed by atoms with Crippen molar-refractivity contribution in [3.8, 4) is 0 Å². The first-order valence-corrected chi connectivity index (χ1v) is 4.51. The quantitative estimate of drug-likeness (QED) is 0.649. The van der Waals surface area contributed by atoms with Crippen molar-refractivity contribution >= 4 is 21.6 Å². The summed E-state index contributed by atoms with van der Waals surface area (Å²) in [6, 6.07) is 0.301. The van der Waals surface area contributed by atoms with E-state index in [9.17, 15) is 21.1 Å². The summed E-state index contributed by atoms with van der Waals surface area (Å²) < 4.78 is 55.2. The number of thiophene rings is 1. The zero-order valence-electron chi connectivity index (χ0n) is 4.84. The molecule has 0 aliphatic rings. The predicted octanol–water partition coefficient (Wildman–Crippen LogP) is 1.68. The highest BCUT2D eigenvalue weighted by molar-refractivity contribution is 7.88. The SMILES string of the molecule is O=S(=O)(F)c1cc(F)c(F)s1. The molecular weight excluding hydrogens is 201 g/mol. The van der Waals surface area contributed by atoms with Crippen LogP contribution < -0.4 is 0 Å². The molecule has 0 bridgehead atoms. The normalized spacial score (nSPS) is 11.9. The first-order valence-electron chi connectivity index (χ1n) is 2.31. The van der Waals surface area contributed by atoms with Gasteiger partial charge in [0.1, 0.15) is 0 Å². The van der Waals surface area contributed by atoms with Crippen molar-refractivity contribution in [3.63, 3.8) is 0 Å². The molecule has 62 valence electrons. The second-order valence-electron chi connectivity index (χ2n) is 1.62. The van der Waals surface area contributed by atoms with Crippen LogP contribution in [0.25, 0.3) is 0 Å². The molecule has 0 aromatic carbocycles. The summed E-state index contributed by atoms with van der Waals surface area (Å²) in [5.74, 6) is -1.36. The monoisotopic (exact) mass is 202 g/mol. The molecule has 7 heteroatoms. The van der Waals surface area contributed by atoms with Gasteiger partial charge in [0, 0.05) is 6.07 Å². The molecule has 0 spiro atoms. The van der Waals surface area contributed by atoms with Crippen LogP contribution in [0.5, 0.6) is 0 Å². The lowest BCUT2D eigenvalue weighted by Crippen LogP contribution is -1.85. The molecule has 0 amide bonds. The fourth-order valence-corrected chi connectivity index (χ4v) is 1.80. The highest BCUT2D eigenvalue weighted by Crippen LogP contribution is 2.24. The molecule has 1 aromatic heterocycles. The third kappa shape index (κ3) is 1.72. The van der Waals surface area contributed by atoms with E-state index < -0.39 is 25.4 Å². The first kappa shape index (κ1) is 8.54. The van der Waals surface area contributed by atoms with Gasteiger partial charge in [-0.05, 0) is 0 Å². The molecule has 1 rings (SSSR count). The Morgan fingerprint density at radius 3 is 2.09 bits per heavy atom. The van der Waals surface area contributed by atoms with Gasteiger partial charge in [-0.3, -0.25) is 0 Å². The molecule has 1 aromatic rings. The summed E-state index contributed by atoms with van der Waals surface area (Å²) in [4.78, 5) is 0. The Balaban J connectivity index is 3.29. The highest BCUT2D eigenvalue weighted by atomic mass is 32.3. The van der Waals surface area contributed by atoms with Crippen molar-refractivity contribution in [1.29, 1.82) is 0 Å². The van der Waals surface area contributed by atoms with E-state index in [1.807, 2.05) is 0 Å². The summed E-state index contributed by atoms with van der Waals surface area (Å²) in [5.41, 5.74) is 0. The minimum absolute atomic E-state index is 0.0833. The van der Waals surface area contributed by atoms with Crippen molar-refractivity contribution in [2.45, 2.75) is 4.21 Å². The number of hydrogen-bond acceptors (Lipinski definition) is 3. The fraction of sp³-hybridized carbons (Fsp3) is 0. The molecule has 0 unspecified atom stereocenters. The molecule has 0 radical (unpaired) electrons. The van der Waals surface area contributed by atoms with Crippen molar-refractivity contribution < 1.29 is 21.1 Å². The maximum absolute atomic E-state index is 12.1. The molecule has 11 heavy (non-hydrogen) atoms. The Hall–Kier alpha value is -0.560. The zero-order valence-corrected chi connectivity index (χ0v) is 6.48. The van der Waals surface area contributed by atoms with E-state index in [2.05, 4.69) is 0 Å². The maximum atomic E-state index is 12.1. The molecule has 0 atom stereocenters. The van der Waals surface area contributed by atoms with E-state index in [0.29, 0.717) is 6.07 Å². The number of halogens is 3. The van der Waals surface area contributed by atoms with Crippen LogP contribution >= 0.6 is 11.3 Å². The molecule has 0 aliphatic carbocycles. The van der Waals surface area contributed by atoms with Gasteiger partial charge in [0.15, 0.2) is 10.0 Å². The topological polar surface area (TPSA) is 34.1 Å². The fourth-order valence-electron chi connectivity index (χ4n) is 0.447. The molecule has 2 nitrogen and oxygen atoms in total. The van der Waals surface area contributed by atoms with Crippen LogP contribution in [-0.4, -0.2) is 8.42 Å². The van der Waals surface area contributed by atoms with E-state index in [1.165, 1.54) is 0 Å². The average molecular weight is 202 g/mol. The van der Waals surface area contributed by atoms with E-state index >= 15 is 0 Å². The Kier molecular flexibility index (Phi) is 1.93. The van der Waals surface area contributed by atoms with Gasteiger partial charge >= 0.3 is 10.2 Å². The van der Waals surface area contributed by atoms with E-state index in [0.717, 1.165) is 0 Å². The summed E-state index contributed by atoms with van der Waals surface area (Å²) >= 11 is -0.0833. The van der Waals surface area contributed by atoms with Crippen LogP contribution in [0.2, 0.25) is 0 Å². The summed E-state index contributed by atoms with van der Waals surface area (Å²) in [5, 5.41) is -1.33. The van der Waals surface area contributed by atoms with Crippen LogP contribution in [-0.2, 0) is 10.2 Å². The zero-order chi connectivity index (χ0) is 8.65. The Bertz CT molecular complexity index is 347. The predicted molar refractivity (Wildman–Crippen MR) is 32.5 cm³/mol. The van der Waals surface area contributed by atoms with Crippen LogP contribution in [0.1, 0.15) is 0 Å². The molecule has 0 saturated heterocycles. The van der Waals surface area contributed by atoms with E-state index in [1.54, 1.807) is 0 Å². The molecular formula is C4HF3O2S2. The Morgan fingerprint density at radius 2 is 1.91 bits per heavy atom. The Morgan fingerprint density at radius 1 is 1.36 bits per heavy atom. The van der Waals surface area contributed by atoms with Crippen molar-refractivity contribution in [3.05, 3.63) is 17.0 Å². The molecule has 0 N–H and O–H groups in total. The van der Waals surface area contributed by atoms with Gasteiger partial charge in [-0.25, -0.2) is 4.39 Å². The minimum Gasteiger partial charge on any atom is -0.203 e. The first-order chi connectivity index (χ1) is 4.91. The lowest BCUT2D eigenvalue weighted by atomic mass is 10.6. The van der Waals surface area contributed by atoms with Gasteiger partial charge in [0.2, 0.25) is 5.13 Å². The minimum atomic E-state index is -4.97. The van der Waals surface area contributed by atoms with Crippen LogP contribution in [0.3, 0.4) is 0 Å². The van der Waals surface area contributed by atoms with E-state index in [-0.39, 0.29) is 11.3 Å². The lowest BCUT2D eigenvalue weighted by Gasteiger charge is -1.81. The van der Waals surface area contributed by atoms with Crippen LogP contribution in [0.4, 0.5) is 12.7 Å². The molecule has 0 aliphatic heterocycles. The standard InChI is InChI=1S/C4HF3O2S2/c5-2-1-3(10-4(2)6)11(7,8)9/h1H. The van der Waals surface area contributed by atoms with Crippen molar-refractivity contribution in [2.75, 3.05) is 0 Å². The highest BCUT2D eigenvalue weighted by Gasteiger charge is 2.19. The van der Waals surface area contributed by atoms with Crippen molar-refractivity contribution in [2.24, 2.45) is 0 Å². The molecule has 0 fully saturated rings. The smallest absolute Gasteiger partial charge is 0.203 e. The second kappa shape index (κ2) is 2.49. The van der Waals surface area contributed by atoms with Crippen LogP contribution in [0.15, 0.2) is 10.3 Å². The third-order valence-electron chi connectivity index (χ3n) is 0.863. The summed E-state index contributed by atoms with van der Waals surface area (Å²) in [6.45, 7) is 0.